The van der Waals surface area contributed by atoms with Gasteiger partial charge in [0.15, 0.2) is 0 Å². The number of hydrogen-bond acceptors (Lipinski definition) is 7. The van der Waals surface area contributed by atoms with Crippen LogP contribution in [-0.4, -0.2) is 42.2 Å². The number of carbonyl (C=O) groups excluding carboxylic acids is 2. The molecule has 2 aromatic carbocycles. The molecule has 0 saturated heterocycles. The number of halogens is 2. The first-order valence-corrected chi connectivity index (χ1v) is 9.11. The van der Waals surface area contributed by atoms with Crippen LogP contribution in [0.1, 0.15) is 0 Å². The molecule has 10 heteroatoms. The van der Waals surface area contributed by atoms with E-state index in [-0.39, 0.29) is 24.2 Å². The number of nitrogen functional groups attached to an aromatic ring is 1. The van der Waals surface area contributed by atoms with Gasteiger partial charge in [-0.05, 0) is 18.2 Å². The van der Waals surface area contributed by atoms with Crippen LogP contribution >= 0.6 is 23.2 Å². The fraction of sp³-hybridized carbons (Fsp3) is 0.158. The highest BCUT2D eigenvalue weighted by Gasteiger charge is 2.19. The van der Waals surface area contributed by atoms with Crippen molar-refractivity contribution in [1.29, 1.82) is 0 Å². The van der Waals surface area contributed by atoms with E-state index in [4.69, 9.17) is 33.7 Å². The third-order valence-electron chi connectivity index (χ3n) is 3.90. The van der Waals surface area contributed by atoms with E-state index in [1.165, 1.54) is 7.11 Å². The number of anilines is 2. The Hall–Kier alpha value is -2.94. The highest BCUT2D eigenvalue weighted by molar-refractivity contribution is 6.41. The van der Waals surface area contributed by atoms with Gasteiger partial charge < -0.3 is 20.5 Å². The molecule has 0 fully saturated rings. The molecule has 29 heavy (non-hydrogen) atoms. The van der Waals surface area contributed by atoms with Crippen molar-refractivity contribution in [2.75, 3.05) is 31.4 Å². The molecule has 0 unspecified atom stereocenters. The molecule has 0 saturated carbocycles. The summed E-state index contributed by atoms with van der Waals surface area (Å²) >= 11 is 12.9. The summed E-state index contributed by atoms with van der Waals surface area (Å²) in [6.07, 6.45) is 0. The number of esters is 1. The molecule has 0 spiro atoms. The fourth-order valence-corrected chi connectivity index (χ4v) is 3.22. The van der Waals surface area contributed by atoms with E-state index in [0.717, 1.165) is 0 Å². The Bertz CT molecular complexity index is 1090. The van der Waals surface area contributed by atoms with Crippen molar-refractivity contribution in [3.8, 4) is 11.3 Å². The number of nitrogens with one attached hydrogen (secondary N) is 1. The molecular formula is C19H16Cl2N4O4. The average molecular weight is 435 g/mol. The van der Waals surface area contributed by atoms with E-state index < -0.39 is 11.9 Å². The van der Waals surface area contributed by atoms with Crippen LogP contribution in [0.4, 0.5) is 11.6 Å². The molecular weight excluding hydrogens is 419 g/mol. The lowest BCUT2D eigenvalue weighted by Gasteiger charge is -2.14. The molecule has 1 aromatic heterocycles. The van der Waals surface area contributed by atoms with Crippen LogP contribution in [0, 0.1) is 0 Å². The van der Waals surface area contributed by atoms with E-state index in [1.807, 2.05) is 18.2 Å². The lowest BCUT2D eigenvalue weighted by atomic mass is 10.1. The van der Waals surface area contributed by atoms with Gasteiger partial charge in [0.1, 0.15) is 13.2 Å². The zero-order chi connectivity index (χ0) is 21.0. The summed E-state index contributed by atoms with van der Waals surface area (Å²) < 4.78 is 9.42. The molecule has 1 amide bonds. The highest BCUT2D eigenvalue weighted by Crippen LogP contribution is 2.41. The standard InChI is InChI=1S/C19H16Cl2N4O4/c1-28-15(27)9-29-8-14(26)23-13-7-6-11(20)16(17(13)21)18-10-4-2-3-5-12(10)24-19(22)25-18/h2-7H,8-9H2,1H3,(H,23,26)(H2,22,24,25). The zero-order valence-electron chi connectivity index (χ0n) is 15.2. The molecule has 3 aromatic rings. The lowest BCUT2D eigenvalue weighted by Crippen LogP contribution is -2.21. The maximum atomic E-state index is 12.1. The van der Waals surface area contributed by atoms with Crippen molar-refractivity contribution < 1.29 is 19.1 Å². The van der Waals surface area contributed by atoms with Gasteiger partial charge in [-0.1, -0.05) is 41.4 Å². The van der Waals surface area contributed by atoms with Gasteiger partial charge >= 0.3 is 5.97 Å². The first-order chi connectivity index (χ1) is 13.9. The SMILES string of the molecule is COC(=O)COCC(=O)Nc1ccc(Cl)c(-c2nc(N)nc3ccccc23)c1Cl. The van der Waals surface area contributed by atoms with Crippen LogP contribution < -0.4 is 11.1 Å². The predicted octanol–water partition coefficient (Wildman–Crippen LogP) is 3.31. The molecule has 0 radical (unpaired) electrons. The van der Waals surface area contributed by atoms with Crippen LogP contribution in [0.5, 0.6) is 0 Å². The quantitative estimate of drug-likeness (QED) is 0.571. The number of benzene rings is 2. The summed E-state index contributed by atoms with van der Waals surface area (Å²) in [4.78, 5) is 31.7. The number of hydrogen-bond donors (Lipinski definition) is 2. The fourth-order valence-electron chi connectivity index (χ4n) is 2.62. The number of ether oxygens (including phenoxy) is 2. The topological polar surface area (TPSA) is 116 Å². The van der Waals surface area contributed by atoms with Gasteiger partial charge in [0.2, 0.25) is 11.9 Å². The normalized spacial score (nSPS) is 10.7. The second-order valence-electron chi connectivity index (χ2n) is 5.85. The van der Waals surface area contributed by atoms with Gasteiger partial charge in [0.05, 0.1) is 34.1 Å². The Morgan fingerprint density at radius 1 is 1.10 bits per heavy atom. The Morgan fingerprint density at radius 2 is 1.86 bits per heavy atom. The zero-order valence-corrected chi connectivity index (χ0v) is 16.8. The van der Waals surface area contributed by atoms with E-state index in [1.54, 1.807) is 18.2 Å². The molecule has 0 aliphatic carbocycles. The minimum absolute atomic E-state index is 0.0662. The first-order valence-electron chi connectivity index (χ1n) is 8.35. The van der Waals surface area contributed by atoms with Gasteiger partial charge in [0.25, 0.3) is 0 Å². The van der Waals surface area contributed by atoms with Crippen LogP contribution in [0.25, 0.3) is 22.2 Å². The maximum Gasteiger partial charge on any atom is 0.331 e. The summed E-state index contributed by atoms with van der Waals surface area (Å²) in [6.45, 7) is -0.692. The number of fused-ring (bicyclic) bond motifs is 1. The number of para-hydroxylation sites is 1. The first kappa shape index (κ1) is 20.8. The Balaban J connectivity index is 1.93. The predicted molar refractivity (Wildman–Crippen MR) is 111 cm³/mol. The van der Waals surface area contributed by atoms with Crippen molar-refractivity contribution in [3.05, 3.63) is 46.4 Å². The number of aromatic nitrogens is 2. The summed E-state index contributed by atoms with van der Waals surface area (Å²) in [5, 5.41) is 3.84. The van der Waals surface area contributed by atoms with Gasteiger partial charge in [0, 0.05) is 10.9 Å². The van der Waals surface area contributed by atoms with E-state index in [9.17, 15) is 9.59 Å². The van der Waals surface area contributed by atoms with Gasteiger partial charge in [-0.25, -0.2) is 14.8 Å². The molecule has 0 aliphatic heterocycles. The highest BCUT2D eigenvalue weighted by atomic mass is 35.5. The Morgan fingerprint density at radius 3 is 2.62 bits per heavy atom. The van der Waals surface area contributed by atoms with E-state index in [2.05, 4.69) is 20.0 Å². The second-order valence-corrected chi connectivity index (χ2v) is 6.63. The van der Waals surface area contributed by atoms with E-state index >= 15 is 0 Å². The van der Waals surface area contributed by atoms with Gasteiger partial charge in [-0.15, -0.1) is 0 Å². The Labute approximate surface area is 175 Å². The van der Waals surface area contributed by atoms with Crippen molar-refractivity contribution in [2.45, 2.75) is 0 Å². The molecule has 0 bridgehead atoms. The number of methoxy groups -OCH3 is 1. The largest absolute Gasteiger partial charge is 0.467 e. The third-order valence-corrected chi connectivity index (χ3v) is 4.61. The van der Waals surface area contributed by atoms with Crippen LogP contribution in [0.15, 0.2) is 36.4 Å². The smallest absolute Gasteiger partial charge is 0.331 e. The number of carbonyl (C=O) groups is 2. The third kappa shape index (κ3) is 4.73. The summed E-state index contributed by atoms with van der Waals surface area (Å²) in [5.41, 5.74) is 7.63. The number of nitrogens with zero attached hydrogens (tertiary/aromatic N) is 2. The number of rotatable bonds is 6. The van der Waals surface area contributed by atoms with Crippen LogP contribution in [0.3, 0.4) is 0 Å². The second kappa shape index (κ2) is 9.04. The summed E-state index contributed by atoms with van der Waals surface area (Å²) in [5.74, 6) is -1.02. The Kier molecular flexibility index (Phi) is 6.48. The summed E-state index contributed by atoms with van der Waals surface area (Å²) in [7, 11) is 1.23. The molecule has 3 N–H and O–H groups in total. The average Bonchev–Trinajstić information content (AvgIpc) is 2.70. The van der Waals surface area contributed by atoms with Crippen molar-refractivity contribution in [1.82, 2.24) is 9.97 Å². The van der Waals surface area contributed by atoms with Crippen molar-refractivity contribution in [2.24, 2.45) is 0 Å². The van der Waals surface area contributed by atoms with Crippen molar-refractivity contribution >= 4 is 57.6 Å². The summed E-state index contributed by atoms with van der Waals surface area (Å²) in [6, 6.07) is 10.4. The van der Waals surface area contributed by atoms with Gasteiger partial charge in [-0.3, -0.25) is 4.79 Å². The number of nitrogens with two attached hydrogens (primary N) is 1. The minimum atomic E-state index is -0.585. The van der Waals surface area contributed by atoms with Crippen LogP contribution in [-0.2, 0) is 19.1 Å². The number of amides is 1. The van der Waals surface area contributed by atoms with Gasteiger partial charge in [-0.2, -0.15) is 0 Å². The monoisotopic (exact) mass is 434 g/mol. The minimum Gasteiger partial charge on any atom is -0.467 e. The molecule has 150 valence electrons. The molecule has 0 atom stereocenters. The molecule has 0 aliphatic rings. The lowest BCUT2D eigenvalue weighted by molar-refractivity contribution is -0.146. The molecule has 1 heterocycles. The van der Waals surface area contributed by atoms with Crippen molar-refractivity contribution in [3.63, 3.8) is 0 Å². The molecule has 8 nitrogen and oxygen atoms in total. The molecule has 3 rings (SSSR count). The van der Waals surface area contributed by atoms with E-state index in [0.29, 0.717) is 32.9 Å². The van der Waals surface area contributed by atoms with Crippen LogP contribution in [0.2, 0.25) is 10.0 Å². The maximum absolute atomic E-state index is 12.1.